The zero-order valence-corrected chi connectivity index (χ0v) is 28.6. The number of unbranched alkanes of at least 4 members (excludes halogenated alkanes) is 2. The Morgan fingerprint density at radius 1 is 1.12 bits per heavy atom. The molecule has 1 spiro atoms. The predicted octanol–water partition coefficient (Wildman–Crippen LogP) is 4.73. The van der Waals surface area contributed by atoms with Crippen molar-refractivity contribution in [2.75, 3.05) is 31.2 Å². The lowest BCUT2D eigenvalue weighted by atomic mass is 9.70. The van der Waals surface area contributed by atoms with Crippen LogP contribution in [0.25, 0.3) is 0 Å². The number of rotatable bonds is 17. The average molecular weight is 672 g/mol. The highest BCUT2D eigenvalue weighted by atomic mass is 16.5. The maximum Gasteiger partial charge on any atom is 0.306 e. The van der Waals surface area contributed by atoms with E-state index in [1.807, 2.05) is 62.4 Å². The fourth-order valence-corrected chi connectivity index (χ4v) is 7.78. The molecule has 3 saturated heterocycles. The van der Waals surface area contributed by atoms with E-state index >= 15 is 0 Å². The van der Waals surface area contributed by atoms with Crippen molar-refractivity contribution in [2.24, 2.45) is 11.8 Å². The number of fused-ring (bicyclic) bond motifs is 1. The standard InChI is InChI=1S/C39H49N3O7/c1-5-7-16-32(44)48-25-29(28-14-10-8-11-15-28)40-36(45)33-31-19-20-39(49-31)34(33)37(46)42(22-12-9-13-23-43)35(39)38(47)41(21-6-2)30-24-26(3)17-18-27(30)4/h5-6,8,10-11,14-15,17-18,24,29,31,33-35,43H,1-2,7,9,12-13,16,19-23,25H2,3-4H3,(H,40,45)/t29-,31-,33+,34+,35-,39+/m1/s1. The summed E-state index contributed by atoms with van der Waals surface area (Å²) in [5.41, 5.74) is 2.24. The Morgan fingerprint density at radius 3 is 2.61 bits per heavy atom. The monoisotopic (exact) mass is 671 g/mol. The summed E-state index contributed by atoms with van der Waals surface area (Å²) in [7, 11) is 0. The van der Waals surface area contributed by atoms with E-state index in [1.165, 1.54) is 0 Å². The number of carbonyl (C=O) groups is 4. The number of carbonyl (C=O) groups excluding carboxylic acids is 4. The van der Waals surface area contributed by atoms with Crippen molar-refractivity contribution in [3.63, 3.8) is 0 Å². The number of nitrogens with zero attached hydrogens (tertiary/aromatic N) is 2. The lowest BCUT2D eigenvalue weighted by Crippen LogP contribution is -2.56. The first-order chi connectivity index (χ1) is 23.7. The molecule has 5 rings (SSSR count). The number of allylic oxidation sites excluding steroid dienone is 1. The van der Waals surface area contributed by atoms with E-state index in [0.29, 0.717) is 45.1 Å². The summed E-state index contributed by atoms with van der Waals surface area (Å²) in [5, 5.41) is 12.5. The first-order valence-electron chi connectivity index (χ1n) is 17.4. The lowest BCUT2D eigenvalue weighted by Gasteiger charge is -2.37. The molecule has 3 amide bonds. The van der Waals surface area contributed by atoms with E-state index in [2.05, 4.69) is 18.5 Å². The normalized spacial score (nSPS) is 24.3. The molecule has 0 saturated carbocycles. The maximum absolute atomic E-state index is 14.8. The second-order valence-corrected chi connectivity index (χ2v) is 13.4. The Labute approximate surface area is 289 Å². The van der Waals surface area contributed by atoms with Gasteiger partial charge < -0.3 is 29.7 Å². The van der Waals surface area contributed by atoms with Gasteiger partial charge in [-0.2, -0.15) is 0 Å². The fraction of sp³-hybridized carbons (Fsp3) is 0.487. The molecule has 2 aromatic carbocycles. The molecule has 10 heteroatoms. The maximum atomic E-state index is 14.8. The van der Waals surface area contributed by atoms with Gasteiger partial charge >= 0.3 is 5.97 Å². The minimum atomic E-state index is -1.17. The van der Waals surface area contributed by atoms with Gasteiger partial charge in [0.1, 0.15) is 18.2 Å². The largest absolute Gasteiger partial charge is 0.463 e. The Bertz CT molecular complexity index is 1540. The number of amides is 3. The molecule has 0 unspecified atom stereocenters. The number of anilines is 1. The smallest absolute Gasteiger partial charge is 0.306 e. The van der Waals surface area contributed by atoms with Crippen molar-refractivity contribution < 1.29 is 33.8 Å². The molecule has 2 N–H and O–H groups in total. The van der Waals surface area contributed by atoms with Gasteiger partial charge in [0.15, 0.2) is 0 Å². The number of likely N-dealkylation sites (tertiary alicyclic amines) is 1. The molecule has 3 heterocycles. The summed E-state index contributed by atoms with van der Waals surface area (Å²) in [5.74, 6) is -2.97. The van der Waals surface area contributed by atoms with Gasteiger partial charge in [-0.05, 0) is 75.1 Å². The second kappa shape index (κ2) is 16.0. The quantitative estimate of drug-likeness (QED) is 0.142. The van der Waals surface area contributed by atoms with Crippen molar-refractivity contribution >= 4 is 29.4 Å². The summed E-state index contributed by atoms with van der Waals surface area (Å²) in [4.78, 5) is 59.3. The van der Waals surface area contributed by atoms with Crippen LogP contribution in [-0.2, 0) is 28.7 Å². The van der Waals surface area contributed by atoms with Gasteiger partial charge in [0.25, 0.3) is 5.91 Å². The predicted molar refractivity (Wildman–Crippen MR) is 186 cm³/mol. The number of nitrogens with one attached hydrogen (secondary N) is 1. The summed E-state index contributed by atoms with van der Waals surface area (Å²) in [6.07, 6.45) is 6.32. The van der Waals surface area contributed by atoms with Crippen LogP contribution < -0.4 is 10.2 Å². The zero-order chi connectivity index (χ0) is 35.1. The highest BCUT2D eigenvalue weighted by Crippen LogP contribution is 2.59. The molecule has 10 nitrogen and oxygen atoms in total. The Hall–Kier alpha value is -4.28. The Balaban J connectivity index is 1.46. The van der Waals surface area contributed by atoms with Gasteiger partial charge in [-0.25, -0.2) is 0 Å². The summed E-state index contributed by atoms with van der Waals surface area (Å²) < 4.78 is 12.2. The number of esters is 1. The van der Waals surface area contributed by atoms with Crippen molar-refractivity contribution in [1.29, 1.82) is 0 Å². The number of aryl methyl sites for hydroxylation is 2. The van der Waals surface area contributed by atoms with Crippen LogP contribution in [0.4, 0.5) is 5.69 Å². The van der Waals surface area contributed by atoms with Crippen LogP contribution in [0.3, 0.4) is 0 Å². The number of hydrogen-bond donors (Lipinski definition) is 2. The molecule has 3 aliphatic rings. The molecular weight excluding hydrogens is 622 g/mol. The minimum Gasteiger partial charge on any atom is -0.463 e. The molecule has 3 fully saturated rings. The van der Waals surface area contributed by atoms with Crippen molar-refractivity contribution in [2.45, 2.75) is 82.6 Å². The third-order valence-corrected chi connectivity index (χ3v) is 10.1. The second-order valence-electron chi connectivity index (χ2n) is 13.4. The molecule has 6 atom stereocenters. The van der Waals surface area contributed by atoms with E-state index in [1.54, 1.807) is 22.0 Å². The number of hydrogen-bond acceptors (Lipinski definition) is 7. The van der Waals surface area contributed by atoms with Crippen LogP contribution in [0.1, 0.15) is 67.7 Å². The number of aliphatic hydroxyl groups excluding tert-OH is 1. The number of benzene rings is 2. The van der Waals surface area contributed by atoms with E-state index in [9.17, 15) is 24.3 Å². The molecule has 0 aliphatic carbocycles. The van der Waals surface area contributed by atoms with Crippen LogP contribution >= 0.6 is 0 Å². The number of aliphatic hydroxyl groups is 1. The van der Waals surface area contributed by atoms with Crippen LogP contribution in [0, 0.1) is 25.7 Å². The summed E-state index contributed by atoms with van der Waals surface area (Å²) >= 11 is 0. The Morgan fingerprint density at radius 2 is 1.90 bits per heavy atom. The van der Waals surface area contributed by atoms with E-state index in [0.717, 1.165) is 22.4 Å². The Kier molecular flexibility index (Phi) is 11.7. The minimum absolute atomic E-state index is 0.0435. The van der Waals surface area contributed by atoms with Gasteiger partial charge in [0, 0.05) is 31.8 Å². The van der Waals surface area contributed by atoms with E-state index < -0.39 is 41.6 Å². The van der Waals surface area contributed by atoms with Gasteiger partial charge in [0.05, 0.1) is 24.0 Å². The molecule has 0 aromatic heterocycles. The van der Waals surface area contributed by atoms with Crippen LogP contribution in [0.5, 0.6) is 0 Å². The lowest BCUT2D eigenvalue weighted by molar-refractivity contribution is -0.146. The molecule has 2 bridgehead atoms. The van der Waals surface area contributed by atoms with Crippen molar-refractivity contribution in [3.8, 4) is 0 Å². The van der Waals surface area contributed by atoms with Gasteiger partial charge in [0.2, 0.25) is 11.8 Å². The van der Waals surface area contributed by atoms with Crippen LogP contribution in [0.15, 0.2) is 73.8 Å². The van der Waals surface area contributed by atoms with Crippen molar-refractivity contribution in [1.82, 2.24) is 10.2 Å². The van der Waals surface area contributed by atoms with Crippen LogP contribution in [0.2, 0.25) is 0 Å². The molecule has 3 aliphatic heterocycles. The zero-order valence-electron chi connectivity index (χ0n) is 28.6. The highest BCUT2D eigenvalue weighted by molar-refractivity contribution is 6.05. The molecule has 262 valence electrons. The van der Waals surface area contributed by atoms with Crippen LogP contribution in [-0.4, -0.2) is 77.7 Å². The molecule has 2 aromatic rings. The first-order valence-corrected chi connectivity index (χ1v) is 17.4. The van der Waals surface area contributed by atoms with Gasteiger partial charge in [-0.15, -0.1) is 13.2 Å². The number of ether oxygens (including phenoxy) is 2. The summed E-state index contributed by atoms with van der Waals surface area (Å²) in [6.45, 7) is 12.0. The fourth-order valence-electron chi connectivity index (χ4n) is 7.78. The molecule has 0 radical (unpaired) electrons. The SMILES string of the molecule is C=CCCC(=O)OC[C@@H](NC(=O)[C@@H]1[C@H]2C(=O)N(CCCCCO)[C@H](C(=O)N(CC=C)c3cc(C)ccc3C)[C@]23CC[C@H]1O3)c1ccccc1. The molecule has 49 heavy (non-hydrogen) atoms. The van der Waals surface area contributed by atoms with E-state index in [4.69, 9.17) is 9.47 Å². The third-order valence-electron chi connectivity index (χ3n) is 10.1. The molecular formula is C39H49N3O7. The first kappa shape index (κ1) is 36.0. The van der Waals surface area contributed by atoms with E-state index in [-0.39, 0.29) is 43.9 Å². The van der Waals surface area contributed by atoms with Gasteiger partial charge in [-0.1, -0.05) is 54.6 Å². The average Bonchev–Trinajstić information content (AvgIpc) is 3.75. The third kappa shape index (κ3) is 7.35. The van der Waals surface area contributed by atoms with Crippen molar-refractivity contribution in [3.05, 3.63) is 90.5 Å². The highest BCUT2D eigenvalue weighted by Gasteiger charge is 2.74. The summed E-state index contributed by atoms with van der Waals surface area (Å²) in [6, 6.07) is 13.6. The topological polar surface area (TPSA) is 125 Å². The van der Waals surface area contributed by atoms with Gasteiger partial charge in [-0.3, -0.25) is 19.2 Å².